The molecule has 134 valence electrons. The van der Waals surface area contributed by atoms with Gasteiger partial charge < -0.3 is 14.2 Å². The van der Waals surface area contributed by atoms with Crippen LogP contribution in [0.2, 0.25) is 0 Å². The molecule has 1 heterocycles. The average Bonchev–Trinajstić information content (AvgIpc) is 2.88. The van der Waals surface area contributed by atoms with Gasteiger partial charge in [0.2, 0.25) is 0 Å². The lowest BCUT2D eigenvalue weighted by Crippen LogP contribution is -2.42. The molecule has 1 saturated heterocycles. The molecule has 1 aliphatic heterocycles. The number of benzene rings is 1. The summed E-state index contributed by atoms with van der Waals surface area (Å²) in [6.07, 6.45) is 0.132. The van der Waals surface area contributed by atoms with E-state index < -0.39 is 11.8 Å². The number of carbonyl (C=O) groups is 1. The Morgan fingerprint density at radius 3 is 2.42 bits per heavy atom. The Kier molecular flexibility index (Phi) is 5.75. The first-order valence-corrected chi connectivity index (χ1v) is 8.48. The van der Waals surface area contributed by atoms with E-state index in [0.717, 1.165) is 17.7 Å². The van der Waals surface area contributed by atoms with Crippen molar-refractivity contribution >= 4 is 6.09 Å². The van der Waals surface area contributed by atoms with Crippen molar-refractivity contribution in [1.82, 2.24) is 4.90 Å². The predicted molar refractivity (Wildman–Crippen MR) is 93.0 cm³/mol. The van der Waals surface area contributed by atoms with Crippen LogP contribution in [0.1, 0.15) is 52.8 Å². The highest BCUT2D eigenvalue weighted by Crippen LogP contribution is 2.35. The minimum atomic E-state index is -0.535. The number of rotatable bonds is 4. The van der Waals surface area contributed by atoms with Crippen molar-refractivity contribution in [3.8, 4) is 5.75 Å². The fourth-order valence-corrected chi connectivity index (χ4v) is 2.86. The number of hydrogen-bond acceptors (Lipinski definition) is 4. The third kappa shape index (κ3) is 4.63. The lowest BCUT2D eigenvalue weighted by molar-refractivity contribution is -0.0149. The van der Waals surface area contributed by atoms with Crippen LogP contribution in [-0.4, -0.2) is 36.4 Å². The monoisotopic (exact) mass is 335 g/mol. The zero-order valence-corrected chi connectivity index (χ0v) is 15.5. The van der Waals surface area contributed by atoms with Crippen LogP contribution < -0.4 is 4.74 Å². The summed E-state index contributed by atoms with van der Waals surface area (Å²) in [4.78, 5) is 14.5. The molecule has 1 aromatic carbocycles. The number of nitrogens with zero attached hydrogens (tertiary/aromatic N) is 1. The molecule has 0 aliphatic carbocycles. The zero-order chi connectivity index (χ0) is 17.9. The summed E-state index contributed by atoms with van der Waals surface area (Å²) < 4.78 is 16.8. The van der Waals surface area contributed by atoms with Crippen LogP contribution >= 0.6 is 0 Å². The quantitative estimate of drug-likeness (QED) is 0.819. The first-order chi connectivity index (χ1) is 11.2. The molecule has 2 atom stereocenters. The van der Waals surface area contributed by atoms with Gasteiger partial charge in [-0.1, -0.05) is 26.0 Å². The van der Waals surface area contributed by atoms with Crippen molar-refractivity contribution in [2.24, 2.45) is 5.92 Å². The van der Waals surface area contributed by atoms with Gasteiger partial charge in [0.05, 0.1) is 19.8 Å². The molecule has 0 N–H and O–H groups in total. The van der Waals surface area contributed by atoms with E-state index in [1.165, 1.54) is 0 Å². The second-order valence-corrected chi connectivity index (χ2v) is 7.63. The molecule has 2 rings (SSSR count). The molecule has 5 heteroatoms. The van der Waals surface area contributed by atoms with E-state index in [1.807, 2.05) is 45.0 Å². The highest BCUT2D eigenvalue weighted by Gasteiger charge is 2.41. The fraction of sp³-hybridized carbons (Fsp3) is 0.632. The summed E-state index contributed by atoms with van der Waals surface area (Å²) in [5.74, 6) is 1.25. The highest BCUT2D eigenvalue weighted by atomic mass is 16.6. The van der Waals surface area contributed by atoms with Crippen LogP contribution in [0.5, 0.6) is 5.75 Å². The third-order valence-corrected chi connectivity index (χ3v) is 3.84. The first kappa shape index (κ1) is 18.6. The van der Waals surface area contributed by atoms with Crippen molar-refractivity contribution in [2.75, 3.05) is 13.7 Å². The van der Waals surface area contributed by atoms with Gasteiger partial charge in [0.1, 0.15) is 11.4 Å². The van der Waals surface area contributed by atoms with Crippen LogP contribution in [0, 0.1) is 5.92 Å². The van der Waals surface area contributed by atoms with Gasteiger partial charge in [-0.3, -0.25) is 4.90 Å². The van der Waals surface area contributed by atoms with Gasteiger partial charge in [0.15, 0.2) is 6.23 Å². The molecule has 1 aromatic rings. The maximum Gasteiger partial charge on any atom is 0.412 e. The summed E-state index contributed by atoms with van der Waals surface area (Å²) in [5, 5.41) is 0. The molecule has 1 fully saturated rings. The second kappa shape index (κ2) is 7.43. The summed E-state index contributed by atoms with van der Waals surface area (Å²) >= 11 is 0. The van der Waals surface area contributed by atoms with Crippen LogP contribution in [0.4, 0.5) is 4.79 Å². The largest absolute Gasteiger partial charge is 0.497 e. The molecule has 1 aliphatic rings. The van der Waals surface area contributed by atoms with E-state index in [-0.39, 0.29) is 12.1 Å². The van der Waals surface area contributed by atoms with Crippen molar-refractivity contribution in [2.45, 2.75) is 58.9 Å². The number of hydrogen-bond donors (Lipinski definition) is 0. The predicted octanol–water partition coefficient (Wildman–Crippen LogP) is 4.38. The normalized spacial score (nSPS) is 21.2. The van der Waals surface area contributed by atoms with Crippen molar-refractivity contribution in [3.63, 3.8) is 0 Å². The number of methoxy groups -OCH3 is 1. The summed E-state index contributed by atoms with van der Waals surface area (Å²) in [6.45, 7) is 10.4. The topological polar surface area (TPSA) is 48.0 Å². The number of amides is 1. The van der Waals surface area contributed by atoms with Crippen LogP contribution in [0.3, 0.4) is 0 Å². The van der Waals surface area contributed by atoms with Crippen LogP contribution in [0.25, 0.3) is 0 Å². The van der Waals surface area contributed by atoms with Gasteiger partial charge in [-0.2, -0.15) is 0 Å². The van der Waals surface area contributed by atoms with E-state index in [9.17, 15) is 4.79 Å². The summed E-state index contributed by atoms with van der Waals surface area (Å²) in [7, 11) is 1.63. The Balaban J connectivity index is 2.25. The minimum Gasteiger partial charge on any atom is -0.497 e. The molecule has 2 unspecified atom stereocenters. The van der Waals surface area contributed by atoms with Gasteiger partial charge in [-0.15, -0.1) is 0 Å². The average molecular weight is 335 g/mol. The second-order valence-electron chi connectivity index (χ2n) is 7.63. The molecule has 5 nitrogen and oxygen atoms in total. The molecule has 0 saturated carbocycles. The molecule has 0 radical (unpaired) electrons. The summed E-state index contributed by atoms with van der Waals surface area (Å²) in [5.41, 5.74) is 0.389. The van der Waals surface area contributed by atoms with E-state index in [1.54, 1.807) is 12.0 Å². The number of carbonyl (C=O) groups excluding carboxylic acids is 1. The van der Waals surface area contributed by atoms with Gasteiger partial charge in [-0.05, 0) is 45.2 Å². The van der Waals surface area contributed by atoms with Crippen LogP contribution in [0.15, 0.2) is 24.3 Å². The van der Waals surface area contributed by atoms with Crippen LogP contribution in [-0.2, 0) is 9.47 Å². The molecule has 0 spiro atoms. The standard InChI is InChI=1S/C19H29NO4/c1-13(2)11-15-12-23-17(14-7-9-16(22-6)10-8-14)20(15)18(21)24-19(3,4)5/h7-10,13,15,17H,11-12H2,1-6H3. The lowest BCUT2D eigenvalue weighted by Gasteiger charge is -2.31. The SMILES string of the molecule is COc1ccc(C2OCC(CC(C)C)N2C(=O)OC(C)(C)C)cc1. The molecule has 24 heavy (non-hydrogen) atoms. The maximum atomic E-state index is 12.8. The fourth-order valence-electron chi connectivity index (χ4n) is 2.86. The molecule has 1 amide bonds. The smallest absolute Gasteiger partial charge is 0.412 e. The maximum absolute atomic E-state index is 12.8. The van der Waals surface area contributed by atoms with E-state index in [2.05, 4.69) is 13.8 Å². The van der Waals surface area contributed by atoms with Gasteiger partial charge in [0.25, 0.3) is 0 Å². The summed E-state index contributed by atoms with van der Waals surface area (Å²) in [6, 6.07) is 7.63. The third-order valence-electron chi connectivity index (χ3n) is 3.84. The Hall–Kier alpha value is -1.75. The Morgan fingerprint density at radius 2 is 1.92 bits per heavy atom. The van der Waals surface area contributed by atoms with Crippen molar-refractivity contribution in [1.29, 1.82) is 0 Å². The first-order valence-electron chi connectivity index (χ1n) is 8.48. The molecule has 0 aromatic heterocycles. The van der Waals surface area contributed by atoms with Gasteiger partial charge in [0, 0.05) is 5.56 Å². The number of ether oxygens (including phenoxy) is 3. The Bertz CT molecular complexity index is 547. The lowest BCUT2D eigenvalue weighted by atomic mass is 10.0. The van der Waals surface area contributed by atoms with Crippen molar-refractivity contribution < 1.29 is 19.0 Å². The minimum absolute atomic E-state index is 0.0203. The van der Waals surface area contributed by atoms with E-state index in [4.69, 9.17) is 14.2 Å². The zero-order valence-electron chi connectivity index (χ0n) is 15.5. The Labute approximate surface area is 144 Å². The van der Waals surface area contributed by atoms with E-state index in [0.29, 0.717) is 12.5 Å². The van der Waals surface area contributed by atoms with Crippen molar-refractivity contribution in [3.05, 3.63) is 29.8 Å². The van der Waals surface area contributed by atoms with E-state index >= 15 is 0 Å². The van der Waals surface area contributed by atoms with Gasteiger partial charge >= 0.3 is 6.09 Å². The Morgan fingerprint density at radius 1 is 1.29 bits per heavy atom. The van der Waals surface area contributed by atoms with Gasteiger partial charge in [-0.25, -0.2) is 4.79 Å². The molecule has 0 bridgehead atoms. The molecular weight excluding hydrogens is 306 g/mol. The molecular formula is C19H29NO4. The highest BCUT2D eigenvalue weighted by molar-refractivity contribution is 5.69.